The lowest BCUT2D eigenvalue weighted by Gasteiger charge is -2.13. The number of hydrogen-bond acceptors (Lipinski definition) is 3. The number of hydrogen-bond donors (Lipinski definition) is 0. The number of halogens is 2. The Kier molecular flexibility index (Phi) is 2.97. The number of ether oxygens (including phenoxy) is 1. The average Bonchev–Trinajstić information content (AvgIpc) is 2.49. The summed E-state index contributed by atoms with van der Waals surface area (Å²) in [6.07, 6.45) is 4.35. The summed E-state index contributed by atoms with van der Waals surface area (Å²) in [6, 6.07) is 4.34. The third kappa shape index (κ3) is 1.92. The summed E-state index contributed by atoms with van der Waals surface area (Å²) < 4.78 is 4.87. The van der Waals surface area contributed by atoms with Crippen LogP contribution in [-0.2, 0) is 9.53 Å². The Morgan fingerprint density at radius 1 is 1.28 bits per heavy atom. The maximum absolute atomic E-state index is 12.0. The number of carbonyl (C=O) groups is 2. The van der Waals surface area contributed by atoms with Gasteiger partial charge in [0.15, 0.2) is 0 Å². The maximum atomic E-state index is 12.0. The number of cyclic esters (lactones) is 1. The molecule has 18 heavy (non-hydrogen) atoms. The summed E-state index contributed by atoms with van der Waals surface area (Å²) in [4.78, 5) is 24.5. The van der Waals surface area contributed by atoms with Crippen LogP contribution in [-0.4, -0.2) is 17.6 Å². The first kappa shape index (κ1) is 12.7. The Hall–Kier alpha value is -1.70. The number of carbonyl (C=O) groups excluding carboxylic acids is 2. The van der Waals surface area contributed by atoms with E-state index in [0.29, 0.717) is 10.0 Å². The molecule has 0 spiro atoms. The standard InChI is InChI=1S/C12H7Cl2NO3/c1-3-12(2)10(16)15(11(17)18-12)9-5-7(13)4-8(14)6-9/h1,4-6H,2H3. The number of anilines is 1. The fourth-order valence-electron chi connectivity index (χ4n) is 1.54. The molecule has 2 amide bonds. The molecule has 0 aromatic heterocycles. The zero-order chi connectivity index (χ0) is 13.5. The molecular weight excluding hydrogens is 277 g/mol. The van der Waals surface area contributed by atoms with Crippen LogP contribution in [0.5, 0.6) is 0 Å². The first-order chi connectivity index (χ1) is 8.37. The Morgan fingerprint density at radius 3 is 2.28 bits per heavy atom. The van der Waals surface area contributed by atoms with E-state index in [0.717, 1.165) is 4.90 Å². The lowest BCUT2D eigenvalue weighted by Crippen LogP contribution is -2.37. The second kappa shape index (κ2) is 4.20. The number of imide groups is 1. The zero-order valence-electron chi connectivity index (χ0n) is 9.24. The maximum Gasteiger partial charge on any atom is 0.423 e. The van der Waals surface area contributed by atoms with Crippen molar-refractivity contribution in [2.75, 3.05) is 4.90 Å². The minimum absolute atomic E-state index is 0.224. The SMILES string of the molecule is C#CC1(C)OC(=O)N(c2cc(Cl)cc(Cl)c2)C1=O. The van der Waals surface area contributed by atoms with Gasteiger partial charge in [0.05, 0.1) is 5.69 Å². The largest absolute Gasteiger partial charge is 0.423 e. The molecule has 1 aromatic rings. The molecule has 1 aliphatic heterocycles. The number of rotatable bonds is 1. The first-order valence-electron chi connectivity index (χ1n) is 4.89. The minimum Gasteiger partial charge on any atom is -0.420 e. The lowest BCUT2D eigenvalue weighted by atomic mass is 10.1. The van der Waals surface area contributed by atoms with Crippen LogP contribution in [0, 0.1) is 12.3 Å². The average molecular weight is 284 g/mol. The predicted molar refractivity (Wildman–Crippen MR) is 67.7 cm³/mol. The lowest BCUT2D eigenvalue weighted by molar-refractivity contribution is -0.124. The fourth-order valence-corrected chi connectivity index (χ4v) is 2.06. The molecule has 0 radical (unpaired) electrons. The Bertz CT molecular complexity index is 573. The number of terminal acetylenes is 1. The van der Waals surface area contributed by atoms with Gasteiger partial charge in [-0.05, 0) is 31.0 Å². The topological polar surface area (TPSA) is 46.6 Å². The van der Waals surface area contributed by atoms with E-state index >= 15 is 0 Å². The number of amides is 2. The van der Waals surface area contributed by atoms with E-state index in [1.54, 1.807) is 0 Å². The van der Waals surface area contributed by atoms with Crippen molar-refractivity contribution >= 4 is 40.9 Å². The summed E-state index contributed by atoms with van der Waals surface area (Å²) in [5.74, 6) is 1.50. The molecule has 1 aliphatic rings. The van der Waals surface area contributed by atoms with E-state index in [1.807, 2.05) is 0 Å². The molecule has 1 fully saturated rings. The summed E-state index contributed by atoms with van der Waals surface area (Å²) in [5, 5.41) is 0.597. The second-order valence-corrected chi connectivity index (χ2v) is 4.69. The zero-order valence-corrected chi connectivity index (χ0v) is 10.7. The van der Waals surface area contributed by atoms with Gasteiger partial charge >= 0.3 is 6.09 Å². The van der Waals surface area contributed by atoms with Gasteiger partial charge in [-0.25, -0.2) is 9.69 Å². The molecule has 0 N–H and O–H groups in total. The third-order valence-electron chi connectivity index (χ3n) is 2.47. The normalized spacial score (nSPS) is 22.9. The predicted octanol–water partition coefficient (Wildman–Crippen LogP) is 2.87. The van der Waals surface area contributed by atoms with Gasteiger partial charge in [-0.15, -0.1) is 6.42 Å². The van der Waals surface area contributed by atoms with Gasteiger partial charge in [0.2, 0.25) is 5.60 Å². The molecule has 1 saturated heterocycles. The van der Waals surface area contributed by atoms with Crippen LogP contribution in [0.15, 0.2) is 18.2 Å². The van der Waals surface area contributed by atoms with E-state index in [1.165, 1.54) is 25.1 Å². The highest BCUT2D eigenvalue weighted by atomic mass is 35.5. The van der Waals surface area contributed by atoms with E-state index in [4.69, 9.17) is 34.4 Å². The molecule has 1 heterocycles. The Labute approximate surface area is 113 Å². The summed E-state index contributed by atoms with van der Waals surface area (Å²) >= 11 is 11.6. The van der Waals surface area contributed by atoms with Crippen LogP contribution in [0.1, 0.15) is 6.92 Å². The summed E-state index contributed by atoms with van der Waals surface area (Å²) in [6.45, 7) is 1.35. The monoisotopic (exact) mass is 283 g/mol. The van der Waals surface area contributed by atoms with Crippen LogP contribution in [0.4, 0.5) is 10.5 Å². The van der Waals surface area contributed by atoms with E-state index < -0.39 is 17.6 Å². The minimum atomic E-state index is -1.59. The molecule has 2 rings (SSSR count). The van der Waals surface area contributed by atoms with Gasteiger partial charge in [-0.2, -0.15) is 0 Å². The third-order valence-corrected chi connectivity index (χ3v) is 2.90. The smallest absolute Gasteiger partial charge is 0.420 e. The molecule has 92 valence electrons. The highest BCUT2D eigenvalue weighted by Gasteiger charge is 2.50. The van der Waals surface area contributed by atoms with E-state index in [2.05, 4.69) is 5.92 Å². The highest BCUT2D eigenvalue weighted by molar-refractivity contribution is 6.35. The van der Waals surface area contributed by atoms with Crippen LogP contribution in [0.3, 0.4) is 0 Å². The Morgan fingerprint density at radius 2 is 1.83 bits per heavy atom. The van der Waals surface area contributed by atoms with Gasteiger partial charge in [0.25, 0.3) is 5.91 Å². The number of nitrogens with zero attached hydrogens (tertiary/aromatic N) is 1. The fraction of sp³-hybridized carbons (Fsp3) is 0.167. The van der Waals surface area contributed by atoms with Crippen LogP contribution in [0.2, 0.25) is 10.0 Å². The van der Waals surface area contributed by atoms with Crippen LogP contribution in [0.25, 0.3) is 0 Å². The van der Waals surface area contributed by atoms with Crippen molar-refractivity contribution < 1.29 is 14.3 Å². The molecule has 1 unspecified atom stereocenters. The van der Waals surface area contributed by atoms with Crippen molar-refractivity contribution in [1.29, 1.82) is 0 Å². The van der Waals surface area contributed by atoms with Gasteiger partial charge in [0, 0.05) is 10.0 Å². The van der Waals surface area contributed by atoms with Crippen molar-refractivity contribution in [1.82, 2.24) is 0 Å². The van der Waals surface area contributed by atoms with Crippen molar-refractivity contribution in [2.45, 2.75) is 12.5 Å². The second-order valence-electron chi connectivity index (χ2n) is 3.81. The van der Waals surface area contributed by atoms with Gasteiger partial charge in [-0.3, -0.25) is 4.79 Å². The molecule has 4 nitrogen and oxygen atoms in total. The molecule has 0 bridgehead atoms. The van der Waals surface area contributed by atoms with Crippen molar-refractivity contribution in [2.24, 2.45) is 0 Å². The molecule has 1 aromatic carbocycles. The highest BCUT2D eigenvalue weighted by Crippen LogP contribution is 2.32. The molecule has 1 atom stereocenters. The van der Waals surface area contributed by atoms with Crippen LogP contribution >= 0.6 is 23.2 Å². The summed E-state index contributed by atoms with van der Waals surface area (Å²) in [5.41, 5.74) is -1.37. The number of benzene rings is 1. The quantitative estimate of drug-likeness (QED) is 0.745. The van der Waals surface area contributed by atoms with Crippen molar-refractivity contribution in [3.05, 3.63) is 28.2 Å². The first-order valence-corrected chi connectivity index (χ1v) is 5.64. The van der Waals surface area contributed by atoms with Crippen LogP contribution < -0.4 is 4.90 Å². The van der Waals surface area contributed by atoms with E-state index in [9.17, 15) is 9.59 Å². The van der Waals surface area contributed by atoms with Gasteiger partial charge in [0.1, 0.15) is 0 Å². The summed E-state index contributed by atoms with van der Waals surface area (Å²) in [7, 11) is 0. The van der Waals surface area contributed by atoms with Crippen molar-refractivity contribution in [3.8, 4) is 12.3 Å². The molecule has 0 aliphatic carbocycles. The molecule has 0 saturated carbocycles. The molecule has 6 heteroatoms. The van der Waals surface area contributed by atoms with E-state index in [-0.39, 0.29) is 5.69 Å². The van der Waals surface area contributed by atoms with Gasteiger partial charge < -0.3 is 4.74 Å². The Balaban J connectivity index is 2.49. The molecular formula is C12H7Cl2NO3. The van der Waals surface area contributed by atoms with Gasteiger partial charge in [-0.1, -0.05) is 23.2 Å². The van der Waals surface area contributed by atoms with Crippen molar-refractivity contribution in [3.63, 3.8) is 0 Å².